The van der Waals surface area contributed by atoms with Crippen molar-refractivity contribution in [2.24, 2.45) is 0 Å². The van der Waals surface area contributed by atoms with Gasteiger partial charge in [0.05, 0.1) is 12.0 Å². The first kappa shape index (κ1) is 15.4. The average Bonchev–Trinajstić information content (AvgIpc) is 2.52. The van der Waals surface area contributed by atoms with Crippen molar-refractivity contribution in [3.05, 3.63) is 63.5 Å². The third kappa shape index (κ3) is 3.38. The fourth-order valence-corrected chi connectivity index (χ4v) is 1.89. The first-order valence-corrected chi connectivity index (χ1v) is 6.24. The first-order chi connectivity index (χ1) is 10.5. The molecule has 114 valence electrons. The van der Waals surface area contributed by atoms with Gasteiger partial charge in [-0.15, -0.1) is 0 Å². The van der Waals surface area contributed by atoms with Crippen molar-refractivity contribution in [2.45, 2.75) is 6.61 Å². The van der Waals surface area contributed by atoms with Crippen LogP contribution in [0.5, 0.6) is 11.5 Å². The van der Waals surface area contributed by atoms with Gasteiger partial charge in [-0.25, -0.2) is 4.39 Å². The summed E-state index contributed by atoms with van der Waals surface area (Å²) in [4.78, 5) is 21.0. The minimum Gasteiger partial charge on any atom is -0.496 e. The van der Waals surface area contributed by atoms with Crippen LogP contribution in [0.3, 0.4) is 0 Å². The molecule has 22 heavy (non-hydrogen) atoms. The molecule has 0 atom stereocenters. The fraction of sp³-hybridized carbons (Fsp3) is 0.133. The van der Waals surface area contributed by atoms with Gasteiger partial charge in [-0.1, -0.05) is 0 Å². The van der Waals surface area contributed by atoms with E-state index >= 15 is 0 Å². The number of hydrogen-bond donors (Lipinski definition) is 0. The zero-order valence-electron chi connectivity index (χ0n) is 11.6. The summed E-state index contributed by atoms with van der Waals surface area (Å²) in [6.07, 6.45) is 0.660. The van der Waals surface area contributed by atoms with Crippen molar-refractivity contribution in [3.8, 4) is 11.5 Å². The Morgan fingerprint density at radius 2 is 2.00 bits per heavy atom. The van der Waals surface area contributed by atoms with Crippen LogP contribution in [0.4, 0.5) is 10.1 Å². The molecule has 0 saturated carbocycles. The molecular weight excluding hydrogens is 293 g/mol. The number of halogens is 1. The summed E-state index contributed by atoms with van der Waals surface area (Å²) in [6.45, 7) is -0.102. The molecule has 0 saturated heterocycles. The smallest absolute Gasteiger partial charge is 0.311 e. The Morgan fingerprint density at radius 1 is 1.23 bits per heavy atom. The number of hydrogen-bond acceptors (Lipinski definition) is 5. The van der Waals surface area contributed by atoms with Gasteiger partial charge < -0.3 is 9.47 Å². The lowest BCUT2D eigenvalue weighted by Crippen LogP contribution is -2.02. The molecule has 0 aliphatic carbocycles. The number of carbonyl (C=O) groups excluding carboxylic acids is 1. The van der Waals surface area contributed by atoms with Crippen LogP contribution in [0.25, 0.3) is 0 Å². The van der Waals surface area contributed by atoms with E-state index in [0.717, 1.165) is 18.2 Å². The van der Waals surface area contributed by atoms with E-state index in [4.69, 9.17) is 9.47 Å². The third-order valence-corrected chi connectivity index (χ3v) is 2.94. The molecule has 2 rings (SSSR count). The van der Waals surface area contributed by atoms with Gasteiger partial charge in [0.25, 0.3) is 0 Å². The molecular formula is C15H12FNO5. The lowest BCUT2D eigenvalue weighted by Gasteiger charge is -2.11. The molecule has 0 fully saturated rings. The van der Waals surface area contributed by atoms with Crippen molar-refractivity contribution in [1.29, 1.82) is 0 Å². The number of nitrogens with zero attached hydrogens (tertiary/aromatic N) is 1. The summed E-state index contributed by atoms with van der Waals surface area (Å²) < 4.78 is 23.7. The number of ether oxygens (including phenoxy) is 2. The summed E-state index contributed by atoms with van der Waals surface area (Å²) in [6, 6.07) is 7.65. The number of carbonyl (C=O) groups is 1. The highest BCUT2D eigenvalue weighted by molar-refractivity contribution is 5.75. The minimum atomic E-state index is -0.659. The summed E-state index contributed by atoms with van der Waals surface area (Å²) >= 11 is 0. The maximum absolute atomic E-state index is 13.2. The quantitative estimate of drug-likeness (QED) is 0.465. The molecule has 0 unspecified atom stereocenters. The van der Waals surface area contributed by atoms with Crippen LogP contribution in [0.2, 0.25) is 0 Å². The molecule has 0 aliphatic rings. The third-order valence-electron chi connectivity index (χ3n) is 2.94. The monoisotopic (exact) mass is 305 g/mol. The number of rotatable bonds is 6. The van der Waals surface area contributed by atoms with E-state index < -0.39 is 10.7 Å². The van der Waals surface area contributed by atoms with Gasteiger partial charge in [0.2, 0.25) is 0 Å². The van der Waals surface area contributed by atoms with E-state index in [2.05, 4.69) is 0 Å². The normalized spacial score (nSPS) is 10.1. The molecule has 0 heterocycles. The molecule has 0 spiro atoms. The molecule has 0 N–H and O–H groups in total. The van der Waals surface area contributed by atoms with Crippen molar-refractivity contribution < 1.29 is 23.6 Å². The Morgan fingerprint density at radius 3 is 2.64 bits per heavy atom. The zero-order valence-corrected chi connectivity index (χ0v) is 11.6. The Bertz CT molecular complexity index is 717. The largest absolute Gasteiger partial charge is 0.496 e. The van der Waals surface area contributed by atoms with Gasteiger partial charge in [-0.3, -0.25) is 14.9 Å². The van der Waals surface area contributed by atoms with Gasteiger partial charge in [0.15, 0.2) is 5.75 Å². The SMILES string of the molecule is COc1ccc(C=O)cc1COc1cc(F)ccc1[N+](=O)[O-]. The molecule has 2 aromatic rings. The van der Waals surface area contributed by atoms with Crippen LogP contribution in [-0.2, 0) is 6.61 Å². The molecule has 2 aromatic carbocycles. The maximum atomic E-state index is 13.2. The molecule has 0 radical (unpaired) electrons. The predicted octanol–water partition coefficient (Wildman–Crippen LogP) is 3.13. The summed E-state index contributed by atoms with van der Waals surface area (Å²) in [5.41, 5.74) is 0.589. The second-order valence-electron chi connectivity index (χ2n) is 4.35. The highest BCUT2D eigenvalue weighted by Gasteiger charge is 2.16. The molecule has 6 nitrogen and oxygen atoms in total. The number of nitro benzene ring substituents is 1. The number of benzene rings is 2. The number of methoxy groups -OCH3 is 1. The van der Waals surface area contributed by atoms with Gasteiger partial charge in [0, 0.05) is 23.3 Å². The second-order valence-corrected chi connectivity index (χ2v) is 4.35. The van der Waals surface area contributed by atoms with Gasteiger partial charge >= 0.3 is 5.69 Å². The highest BCUT2D eigenvalue weighted by atomic mass is 19.1. The minimum absolute atomic E-state index is 0.102. The highest BCUT2D eigenvalue weighted by Crippen LogP contribution is 2.29. The molecule has 7 heteroatoms. The Kier molecular flexibility index (Phi) is 4.67. The molecule has 0 bridgehead atoms. The summed E-state index contributed by atoms with van der Waals surface area (Å²) in [7, 11) is 1.45. The second kappa shape index (κ2) is 6.66. The van der Waals surface area contributed by atoms with Crippen LogP contribution in [0.1, 0.15) is 15.9 Å². The van der Waals surface area contributed by atoms with Crippen molar-refractivity contribution in [3.63, 3.8) is 0 Å². The van der Waals surface area contributed by atoms with E-state index in [1.807, 2.05) is 0 Å². The zero-order chi connectivity index (χ0) is 16.1. The van der Waals surface area contributed by atoms with Crippen LogP contribution in [-0.4, -0.2) is 18.3 Å². The van der Waals surface area contributed by atoms with E-state index in [9.17, 15) is 19.3 Å². The lowest BCUT2D eigenvalue weighted by molar-refractivity contribution is -0.386. The summed E-state index contributed by atoms with van der Waals surface area (Å²) in [5, 5.41) is 10.9. The standard InChI is InChI=1S/C15H12FNO5/c1-21-14-5-2-10(8-18)6-11(14)9-22-15-7-12(16)3-4-13(15)17(19)20/h2-8H,9H2,1H3. The summed E-state index contributed by atoms with van der Waals surface area (Å²) in [5.74, 6) is -0.373. The van der Waals surface area contributed by atoms with E-state index in [-0.39, 0.29) is 18.0 Å². The molecule has 0 aromatic heterocycles. The van der Waals surface area contributed by atoms with E-state index in [1.54, 1.807) is 12.1 Å². The van der Waals surface area contributed by atoms with Gasteiger partial charge in [-0.05, 0) is 24.3 Å². The van der Waals surface area contributed by atoms with Crippen molar-refractivity contribution >= 4 is 12.0 Å². The predicted molar refractivity (Wildman–Crippen MR) is 75.8 cm³/mol. The van der Waals surface area contributed by atoms with E-state index in [0.29, 0.717) is 23.2 Å². The van der Waals surface area contributed by atoms with Crippen LogP contribution in [0.15, 0.2) is 36.4 Å². The molecule has 0 aliphatic heterocycles. The van der Waals surface area contributed by atoms with Gasteiger partial charge in [0.1, 0.15) is 24.5 Å². The van der Waals surface area contributed by atoms with Crippen LogP contribution < -0.4 is 9.47 Å². The maximum Gasteiger partial charge on any atom is 0.311 e. The van der Waals surface area contributed by atoms with Crippen LogP contribution >= 0.6 is 0 Å². The lowest BCUT2D eigenvalue weighted by atomic mass is 10.1. The Balaban J connectivity index is 2.28. The average molecular weight is 305 g/mol. The van der Waals surface area contributed by atoms with Crippen LogP contribution in [0, 0.1) is 15.9 Å². The molecule has 0 amide bonds. The van der Waals surface area contributed by atoms with Gasteiger partial charge in [-0.2, -0.15) is 0 Å². The van der Waals surface area contributed by atoms with Crippen molar-refractivity contribution in [2.75, 3.05) is 7.11 Å². The Labute approximate surface area is 125 Å². The van der Waals surface area contributed by atoms with E-state index in [1.165, 1.54) is 13.2 Å². The number of aldehydes is 1. The first-order valence-electron chi connectivity index (χ1n) is 6.24. The topological polar surface area (TPSA) is 78.7 Å². The van der Waals surface area contributed by atoms with Crippen molar-refractivity contribution in [1.82, 2.24) is 0 Å². The Hall–Kier alpha value is -2.96. The fourth-order valence-electron chi connectivity index (χ4n) is 1.89. The number of nitro groups is 1.